The molecule has 1 aliphatic heterocycles. The van der Waals surface area contributed by atoms with E-state index in [0.717, 1.165) is 26.2 Å². The number of fused-ring (bicyclic) bond motifs is 1. The summed E-state index contributed by atoms with van der Waals surface area (Å²) in [4.78, 5) is 34.2. The number of aryl methyl sites for hydroxylation is 1. The van der Waals surface area contributed by atoms with E-state index >= 15 is 0 Å². The molecule has 1 aromatic heterocycles. The molecular weight excluding hydrogens is 575 g/mol. The van der Waals surface area contributed by atoms with Crippen LogP contribution in [0.25, 0.3) is 10.9 Å². The molecule has 212 valence electrons. The van der Waals surface area contributed by atoms with Gasteiger partial charge in [-0.05, 0) is 61.0 Å². The maximum atomic E-state index is 12.8. The normalized spacial score (nSPS) is 12.4. The second-order valence-corrected chi connectivity index (χ2v) is 9.03. The van der Waals surface area contributed by atoms with E-state index in [1.165, 1.54) is 18.4 Å². The first-order chi connectivity index (χ1) is 17.9. The smallest absolute Gasteiger partial charge is 0.336 e. The van der Waals surface area contributed by atoms with Crippen molar-refractivity contribution in [1.29, 1.82) is 0 Å². The Balaban J connectivity index is 0.00000187. The number of hydrogen-bond donors (Lipinski definition) is 2. The predicted molar refractivity (Wildman–Crippen MR) is 167 cm³/mol. The number of nitrogens with zero attached hydrogens (tertiary/aromatic N) is 3. The highest BCUT2D eigenvalue weighted by Gasteiger charge is 2.22. The van der Waals surface area contributed by atoms with Crippen molar-refractivity contribution >= 4 is 77.2 Å². The first-order valence-corrected chi connectivity index (χ1v) is 12.1. The number of aromatic nitrogens is 1. The maximum Gasteiger partial charge on any atom is 0.336 e. The van der Waals surface area contributed by atoms with Crippen LogP contribution in [-0.2, 0) is 0 Å². The number of amides is 1. The standard InChI is InChI=1S/C29H28N4O4.3ClH/c1-19-6-5-7-21(16-19)32-12-14-33(15-13-32)27-18-24(29(35)36)23-17-20(10-11-25(23)31-27)30-28(34)22-8-3-4-9-26(22)37-2;;;/h3-11,16-18H,12-15H2,1-2H3,(H,30,34)(H,35,36);3*1H. The quantitative estimate of drug-likeness (QED) is 0.274. The second-order valence-electron chi connectivity index (χ2n) is 9.03. The molecule has 4 aromatic rings. The molecule has 1 amide bonds. The Morgan fingerprint density at radius 1 is 0.850 bits per heavy atom. The predicted octanol–water partition coefficient (Wildman–Crippen LogP) is 6.09. The van der Waals surface area contributed by atoms with Gasteiger partial charge in [-0.15, -0.1) is 37.2 Å². The molecule has 0 aliphatic carbocycles. The third kappa shape index (κ3) is 6.88. The lowest BCUT2D eigenvalue weighted by atomic mass is 10.1. The molecule has 0 atom stereocenters. The van der Waals surface area contributed by atoms with Gasteiger partial charge in [0.2, 0.25) is 0 Å². The SMILES string of the molecule is COc1ccccc1C(=O)Nc1ccc2nc(N3CCN(c4cccc(C)c4)CC3)cc(C(=O)O)c2c1.Cl.Cl.Cl. The van der Waals surface area contributed by atoms with E-state index in [2.05, 4.69) is 46.3 Å². The largest absolute Gasteiger partial charge is 0.496 e. The van der Waals surface area contributed by atoms with Gasteiger partial charge in [0.15, 0.2) is 0 Å². The number of nitrogens with one attached hydrogen (secondary N) is 1. The summed E-state index contributed by atoms with van der Waals surface area (Å²) in [7, 11) is 1.51. The van der Waals surface area contributed by atoms with Crippen LogP contribution in [-0.4, -0.2) is 55.3 Å². The van der Waals surface area contributed by atoms with Crippen LogP contribution < -0.4 is 19.9 Å². The van der Waals surface area contributed by atoms with Crippen LogP contribution in [0.4, 0.5) is 17.2 Å². The molecule has 2 heterocycles. The molecule has 1 fully saturated rings. The summed E-state index contributed by atoms with van der Waals surface area (Å²) in [6.07, 6.45) is 0. The van der Waals surface area contributed by atoms with Gasteiger partial charge < -0.3 is 25.0 Å². The third-order valence-corrected chi connectivity index (χ3v) is 6.61. The van der Waals surface area contributed by atoms with Gasteiger partial charge in [0.1, 0.15) is 11.6 Å². The Kier molecular flexibility index (Phi) is 11.4. The van der Waals surface area contributed by atoms with Crippen LogP contribution >= 0.6 is 37.2 Å². The Hall–Kier alpha value is -3.72. The molecule has 1 aliphatic rings. The van der Waals surface area contributed by atoms with Crippen molar-refractivity contribution in [3.8, 4) is 5.75 Å². The molecule has 0 spiro atoms. The average Bonchev–Trinajstić information content (AvgIpc) is 2.92. The number of halogens is 3. The fourth-order valence-corrected chi connectivity index (χ4v) is 4.68. The topological polar surface area (TPSA) is 95.0 Å². The number of benzene rings is 3. The van der Waals surface area contributed by atoms with Crippen molar-refractivity contribution in [3.63, 3.8) is 0 Å². The number of ether oxygens (including phenoxy) is 1. The monoisotopic (exact) mass is 604 g/mol. The van der Waals surface area contributed by atoms with Crippen molar-refractivity contribution in [2.45, 2.75) is 6.92 Å². The van der Waals surface area contributed by atoms with Gasteiger partial charge in [0, 0.05) is 42.9 Å². The van der Waals surface area contributed by atoms with Crippen molar-refractivity contribution in [2.24, 2.45) is 0 Å². The van der Waals surface area contributed by atoms with Gasteiger partial charge in [-0.3, -0.25) is 4.79 Å². The van der Waals surface area contributed by atoms with Crippen LogP contribution in [0.15, 0.2) is 72.8 Å². The summed E-state index contributed by atoms with van der Waals surface area (Å²) in [5, 5.41) is 13.3. The molecule has 3 aromatic carbocycles. The van der Waals surface area contributed by atoms with Crippen LogP contribution in [0.2, 0.25) is 0 Å². The van der Waals surface area contributed by atoms with E-state index < -0.39 is 5.97 Å². The molecule has 8 nitrogen and oxygen atoms in total. The number of methoxy groups -OCH3 is 1. The number of carbonyl (C=O) groups is 2. The molecule has 40 heavy (non-hydrogen) atoms. The number of piperazine rings is 1. The number of aromatic carboxylic acids is 1. The lowest BCUT2D eigenvalue weighted by Gasteiger charge is -2.37. The van der Waals surface area contributed by atoms with Gasteiger partial charge in [0.05, 0.1) is 23.8 Å². The van der Waals surface area contributed by atoms with Crippen molar-refractivity contribution < 1.29 is 19.4 Å². The van der Waals surface area contributed by atoms with E-state index in [4.69, 9.17) is 9.72 Å². The first-order valence-electron chi connectivity index (χ1n) is 12.1. The zero-order chi connectivity index (χ0) is 25.9. The molecule has 1 saturated heterocycles. The van der Waals surface area contributed by atoms with Crippen molar-refractivity contribution in [1.82, 2.24) is 4.98 Å². The highest BCUT2D eigenvalue weighted by Crippen LogP contribution is 2.28. The van der Waals surface area contributed by atoms with Gasteiger partial charge in [-0.25, -0.2) is 9.78 Å². The molecule has 0 saturated carbocycles. The molecule has 0 unspecified atom stereocenters. The van der Waals surface area contributed by atoms with Crippen molar-refractivity contribution in [3.05, 3.63) is 89.5 Å². The second kappa shape index (κ2) is 14.1. The summed E-state index contributed by atoms with van der Waals surface area (Å²) in [6, 6.07) is 22.1. The summed E-state index contributed by atoms with van der Waals surface area (Å²) < 4.78 is 5.28. The van der Waals surface area contributed by atoms with Crippen LogP contribution in [0.3, 0.4) is 0 Å². The summed E-state index contributed by atoms with van der Waals surface area (Å²) >= 11 is 0. The first kappa shape index (κ1) is 32.5. The van der Waals surface area contributed by atoms with Gasteiger partial charge in [-0.1, -0.05) is 24.3 Å². The Bertz CT molecular complexity index is 1490. The van der Waals surface area contributed by atoms with Crippen LogP contribution in [0.5, 0.6) is 5.75 Å². The van der Waals surface area contributed by atoms with Crippen LogP contribution in [0.1, 0.15) is 26.3 Å². The zero-order valence-electron chi connectivity index (χ0n) is 22.0. The van der Waals surface area contributed by atoms with E-state index in [0.29, 0.717) is 33.7 Å². The number of carboxylic acids is 1. The summed E-state index contributed by atoms with van der Waals surface area (Å²) in [6.45, 7) is 5.19. The van der Waals surface area contributed by atoms with Gasteiger partial charge in [0.25, 0.3) is 5.91 Å². The molecule has 5 rings (SSSR count). The van der Waals surface area contributed by atoms with Crippen LogP contribution in [0, 0.1) is 6.92 Å². The highest BCUT2D eigenvalue weighted by atomic mass is 35.5. The lowest BCUT2D eigenvalue weighted by Crippen LogP contribution is -2.46. The molecule has 11 heteroatoms. The van der Waals surface area contributed by atoms with E-state index in [1.807, 2.05) is 0 Å². The fourth-order valence-electron chi connectivity index (χ4n) is 4.68. The van der Waals surface area contributed by atoms with E-state index in [1.54, 1.807) is 48.5 Å². The summed E-state index contributed by atoms with van der Waals surface area (Å²) in [5.74, 6) is -0.287. The Morgan fingerprint density at radius 3 is 2.23 bits per heavy atom. The number of anilines is 3. The molecular formula is C29H31Cl3N4O4. The Labute approximate surface area is 251 Å². The highest BCUT2D eigenvalue weighted by molar-refractivity contribution is 6.09. The molecule has 0 radical (unpaired) electrons. The fraction of sp³-hybridized carbons (Fsp3) is 0.207. The average molecular weight is 606 g/mol. The number of para-hydroxylation sites is 1. The van der Waals surface area contributed by atoms with Gasteiger partial charge >= 0.3 is 5.97 Å². The maximum absolute atomic E-state index is 12.8. The lowest BCUT2D eigenvalue weighted by molar-refractivity contribution is 0.0698. The van der Waals surface area contributed by atoms with E-state index in [9.17, 15) is 14.7 Å². The molecule has 2 N–H and O–H groups in total. The third-order valence-electron chi connectivity index (χ3n) is 6.61. The van der Waals surface area contributed by atoms with E-state index in [-0.39, 0.29) is 48.7 Å². The van der Waals surface area contributed by atoms with Gasteiger partial charge in [-0.2, -0.15) is 0 Å². The number of rotatable bonds is 6. The number of carbonyl (C=O) groups excluding carboxylic acids is 1. The number of pyridine rings is 1. The number of carboxylic acid groups (broad SMARTS) is 1. The summed E-state index contributed by atoms with van der Waals surface area (Å²) in [5.41, 5.74) is 4.00. The minimum atomic E-state index is -1.04. The number of hydrogen-bond acceptors (Lipinski definition) is 6. The minimum absolute atomic E-state index is 0. The molecule has 0 bridgehead atoms. The van der Waals surface area contributed by atoms with Crippen molar-refractivity contribution in [2.75, 3.05) is 48.4 Å². The Morgan fingerprint density at radius 2 is 1.55 bits per heavy atom. The minimum Gasteiger partial charge on any atom is -0.496 e. The zero-order valence-corrected chi connectivity index (χ0v) is 24.4.